The van der Waals surface area contributed by atoms with Crippen molar-refractivity contribution in [1.82, 2.24) is 5.32 Å². The van der Waals surface area contributed by atoms with Gasteiger partial charge in [-0.25, -0.2) is 8.78 Å². The van der Waals surface area contributed by atoms with Gasteiger partial charge in [0.1, 0.15) is 0 Å². The van der Waals surface area contributed by atoms with Crippen molar-refractivity contribution >= 4 is 11.6 Å². The van der Waals surface area contributed by atoms with Crippen LogP contribution in [-0.2, 0) is 0 Å². The van der Waals surface area contributed by atoms with E-state index in [1.165, 1.54) is 12.8 Å². The quantitative estimate of drug-likeness (QED) is 0.810. The Kier molecular flexibility index (Phi) is 3.50. The standard InChI is InChI=1S/C13H16F2N2O/c1-7(8-2-3-8)6-17-13(18)9-4-10(14)11(15)5-12(9)16/h4-5,7-8H,2-3,6,16H2,1H3,(H,17,18). The number of rotatable bonds is 4. The monoisotopic (exact) mass is 254 g/mol. The number of nitrogens with one attached hydrogen (secondary N) is 1. The molecule has 1 aliphatic carbocycles. The Morgan fingerprint density at radius 3 is 2.67 bits per heavy atom. The van der Waals surface area contributed by atoms with Crippen LogP contribution >= 0.6 is 0 Å². The Balaban J connectivity index is 2.01. The summed E-state index contributed by atoms with van der Waals surface area (Å²) in [5.74, 6) is -1.49. The number of halogens is 2. The molecule has 0 spiro atoms. The van der Waals surface area contributed by atoms with E-state index in [0.717, 1.165) is 12.1 Å². The lowest BCUT2D eigenvalue weighted by Gasteiger charge is -2.12. The molecule has 3 nitrogen and oxygen atoms in total. The van der Waals surface area contributed by atoms with E-state index in [2.05, 4.69) is 12.2 Å². The highest BCUT2D eigenvalue weighted by atomic mass is 19.2. The maximum atomic E-state index is 13.0. The zero-order valence-corrected chi connectivity index (χ0v) is 10.2. The van der Waals surface area contributed by atoms with Gasteiger partial charge in [0.2, 0.25) is 0 Å². The third-order valence-corrected chi connectivity index (χ3v) is 3.35. The van der Waals surface area contributed by atoms with Gasteiger partial charge in [0, 0.05) is 18.3 Å². The van der Waals surface area contributed by atoms with Gasteiger partial charge in [-0.1, -0.05) is 6.92 Å². The average Bonchev–Trinajstić information content (AvgIpc) is 3.14. The summed E-state index contributed by atoms with van der Waals surface area (Å²) in [6.45, 7) is 2.59. The number of carbonyl (C=O) groups is 1. The molecule has 0 saturated heterocycles. The van der Waals surface area contributed by atoms with Gasteiger partial charge in [-0.05, 0) is 30.7 Å². The number of hydrogen-bond acceptors (Lipinski definition) is 2. The van der Waals surface area contributed by atoms with Crippen molar-refractivity contribution < 1.29 is 13.6 Å². The number of anilines is 1. The van der Waals surface area contributed by atoms with Crippen molar-refractivity contribution in [3.8, 4) is 0 Å². The van der Waals surface area contributed by atoms with Gasteiger partial charge in [-0.3, -0.25) is 4.79 Å². The highest BCUT2D eigenvalue weighted by molar-refractivity contribution is 5.99. The van der Waals surface area contributed by atoms with E-state index in [-0.39, 0.29) is 11.3 Å². The van der Waals surface area contributed by atoms with E-state index in [9.17, 15) is 13.6 Å². The first kappa shape index (κ1) is 12.8. The second-order valence-electron chi connectivity index (χ2n) is 4.88. The van der Waals surface area contributed by atoms with E-state index in [1.54, 1.807) is 0 Å². The van der Waals surface area contributed by atoms with Crippen LogP contribution < -0.4 is 11.1 Å². The molecule has 0 aromatic heterocycles. The second-order valence-corrected chi connectivity index (χ2v) is 4.88. The van der Waals surface area contributed by atoms with E-state index < -0.39 is 17.5 Å². The summed E-state index contributed by atoms with van der Waals surface area (Å²) < 4.78 is 25.9. The number of benzene rings is 1. The first-order valence-corrected chi connectivity index (χ1v) is 6.01. The van der Waals surface area contributed by atoms with Crippen molar-refractivity contribution in [3.63, 3.8) is 0 Å². The number of nitrogens with two attached hydrogens (primary N) is 1. The van der Waals surface area contributed by atoms with Gasteiger partial charge in [0.05, 0.1) is 5.56 Å². The largest absolute Gasteiger partial charge is 0.398 e. The fraction of sp³-hybridized carbons (Fsp3) is 0.462. The van der Waals surface area contributed by atoms with E-state index in [4.69, 9.17) is 5.73 Å². The Hall–Kier alpha value is -1.65. The third kappa shape index (κ3) is 2.78. The van der Waals surface area contributed by atoms with Gasteiger partial charge in [-0.15, -0.1) is 0 Å². The summed E-state index contributed by atoms with van der Waals surface area (Å²) in [7, 11) is 0. The smallest absolute Gasteiger partial charge is 0.253 e. The second kappa shape index (κ2) is 4.92. The topological polar surface area (TPSA) is 55.1 Å². The minimum absolute atomic E-state index is 0.0168. The van der Waals surface area contributed by atoms with Crippen LogP contribution in [0.2, 0.25) is 0 Å². The van der Waals surface area contributed by atoms with Crippen LogP contribution in [-0.4, -0.2) is 12.5 Å². The van der Waals surface area contributed by atoms with Crippen LogP contribution in [0.5, 0.6) is 0 Å². The van der Waals surface area contributed by atoms with E-state index in [0.29, 0.717) is 18.4 Å². The van der Waals surface area contributed by atoms with E-state index >= 15 is 0 Å². The lowest BCUT2D eigenvalue weighted by molar-refractivity contribution is 0.0947. The van der Waals surface area contributed by atoms with Crippen LogP contribution in [0.3, 0.4) is 0 Å². The minimum atomic E-state index is -1.07. The molecule has 1 saturated carbocycles. The fourth-order valence-corrected chi connectivity index (χ4v) is 1.94. The fourth-order valence-electron chi connectivity index (χ4n) is 1.94. The van der Waals surface area contributed by atoms with Gasteiger partial charge < -0.3 is 11.1 Å². The molecule has 1 unspecified atom stereocenters. The van der Waals surface area contributed by atoms with Gasteiger partial charge in [0.15, 0.2) is 11.6 Å². The zero-order valence-electron chi connectivity index (χ0n) is 10.2. The number of nitrogen functional groups attached to an aromatic ring is 1. The molecule has 5 heteroatoms. The SMILES string of the molecule is CC(CNC(=O)c1cc(F)c(F)cc1N)C1CC1. The van der Waals surface area contributed by atoms with Crippen molar-refractivity contribution in [2.75, 3.05) is 12.3 Å². The highest BCUT2D eigenvalue weighted by Gasteiger charge is 2.28. The molecular formula is C13H16F2N2O. The number of amides is 1. The molecule has 2 rings (SSSR count). The molecular weight excluding hydrogens is 238 g/mol. The molecule has 98 valence electrons. The first-order valence-electron chi connectivity index (χ1n) is 6.01. The lowest BCUT2D eigenvalue weighted by atomic mass is 10.1. The third-order valence-electron chi connectivity index (χ3n) is 3.35. The Labute approximate surface area is 104 Å². The van der Waals surface area contributed by atoms with Crippen molar-refractivity contribution in [2.45, 2.75) is 19.8 Å². The predicted molar refractivity (Wildman–Crippen MR) is 65.0 cm³/mol. The van der Waals surface area contributed by atoms with Crippen molar-refractivity contribution in [1.29, 1.82) is 0 Å². The molecule has 1 atom stereocenters. The molecule has 1 aromatic rings. The summed E-state index contributed by atoms with van der Waals surface area (Å²) in [6, 6.07) is 1.66. The molecule has 3 N–H and O–H groups in total. The van der Waals surface area contributed by atoms with Gasteiger partial charge in [0.25, 0.3) is 5.91 Å². The Bertz CT molecular complexity index is 472. The van der Waals surface area contributed by atoms with Crippen LogP contribution in [0.15, 0.2) is 12.1 Å². The summed E-state index contributed by atoms with van der Waals surface area (Å²) in [5.41, 5.74) is 5.43. The minimum Gasteiger partial charge on any atom is -0.398 e. The summed E-state index contributed by atoms with van der Waals surface area (Å²) >= 11 is 0. The summed E-state index contributed by atoms with van der Waals surface area (Å²) in [5, 5.41) is 2.70. The summed E-state index contributed by atoms with van der Waals surface area (Å²) in [4.78, 5) is 11.8. The van der Waals surface area contributed by atoms with Gasteiger partial charge >= 0.3 is 0 Å². The highest BCUT2D eigenvalue weighted by Crippen LogP contribution is 2.36. The summed E-state index contributed by atoms with van der Waals surface area (Å²) in [6.07, 6.45) is 2.40. The normalized spacial score (nSPS) is 16.4. The molecule has 0 radical (unpaired) electrons. The van der Waals surface area contributed by atoms with E-state index in [1.807, 2.05) is 0 Å². The molecule has 1 amide bonds. The van der Waals surface area contributed by atoms with Gasteiger partial charge in [-0.2, -0.15) is 0 Å². The molecule has 1 aromatic carbocycles. The van der Waals surface area contributed by atoms with Crippen molar-refractivity contribution in [3.05, 3.63) is 29.3 Å². The van der Waals surface area contributed by atoms with Crippen LogP contribution in [0.1, 0.15) is 30.1 Å². The maximum Gasteiger partial charge on any atom is 0.253 e. The molecule has 0 bridgehead atoms. The molecule has 18 heavy (non-hydrogen) atoms. The maximum absolute atomic E-state index is 13.0. The Morgan fingerprint density at radius 1 is 1.44 bits per heavy atom. The average molecular weight is 254 g/mol. The van der Waals surface area contributed by atoms with Crippen LogP contribution in [0.25, 0.3) is 0 Å². The number of carbonyl (C=O) groups excluding carboxylic acids is 1. The van der Waals surface area contributed by atoms with Crippen LogP contribution in [0, 0.1) is 23.5 Å². The van der Waals surface area contributed by atoms with Crippen LogP contribution in [0.4, 0.5) is 14.5 Å². The molecule has 0 aliphatic heterocycles. The Morgan fingerprint density at radius 2 is 2.06 bits per heavy atom. The first-order chi connectivity index (χ1) is 8.49. The predicted octanol–water partition coefficient (Wildman–Crippen LogP) is 2.32. The number of hydrogen-bond donors (Lipinski definition) is 2. The van der Waals surface area contributed by atoms with Crippen molar-refractivity contribution in [2.24, 2.45) is 11.8 Å². The zero-order chi connectivity index (χ0) is 13.3. The lowest BCUT2D eigenvalue weighted by Crippen LogP contribution is -2.29. The molecule has 1 aliphatic rings. The molecule has 0 heterocycles. The molecule has 1 fully saturated rings.